The molecule has 148 valence electrons. The van der Waals surface area contributed by atoms with E-state index < -0.39 is 23.7 Å². The highest BCUT2D eigenvalue weighted by Crippen LogP contribution is 2.18. The minimum atomic E-state index is -0.804. The highest BCUT2D eigenvalue weighted by molar-refractivity contribution is 6.31. The minimum Gasteiger partial charge on any atom is -0.309 e. The second-order valence-corrected chi connectivity index (χ2v) is 6.54. The van der Waals surface area contributed by atoms with Crippen LogP contribution < -0.4 is 16.6 Å². The Labute approximate surface area is 170 Å². The van der Waals surface area contributed by atoms with Crippen LogP contribution in [-0.2, 0) is 24.4 Å². The lowest BCUT2D eigenvalue weighted by molar-refractivity contribution is -0.116. The first kappa shape index (κ1) is 20.1. The van der Waals surface area contributed by atoms with Crippen molar-refractivity contribution in [1.82, 2.24) is 18.9 Å². The topological polar surface area (TPSA) is 115 Å². The Hall–Kier alpha value is -3.64. The van der Waals surface area contributed by atoms with Gasteiger partial charge in [-0.05, 0) is 18.6 Å². The molecule has 2 heterocycles. The van der Waals surface area contributed by atoms with E-state index in [1.807, 2.05) is 18.2 Å². The molecule has 0 aliphatic carbocycles. The van der Waals surface area contributed by atoms with Crippen LogP contribution >= 0.6 is 11.6 Å². The molecule has 0 aliphatic rings. The van der Waals surface area contributed by atoms with Crippen LogP contribution in [0.25, 0.3) is 0 Å². The van der Waals surface area contributed by atoms with E-state index in [1.54, 1.807) is 25.1 Å². The molecule has 9 nitrogen and oxygen atoms in total. The van der Waals surface area contributed by atoms with Gasteiger partial charge in [-0.2, -0.15) is 10.4 Å². The summed E-state index contributed by atoms with van der Waals surface area (Å²) >= 11 is 6.17. The second kappa shape index (κ2) is 8.58. The maximum Gasteiger partial charge on any atom is 0.331 e. The summed E-state index contributed by atoms with van der Waals surface area (Å²) in [6.07, 6.45) is 2.71. The molecule has 1 amide bonds. The number of amides is 1. The van der Waals surface area contributed by atoms with E-state index in [-0.39, 0.29) is 12.1 Å². The summed E-state index contributed by atoms with van der Waals surface area (Å²) in [7, 11) is 0. The highest BCUT2D eigenvalue weighted by Gasteiger charge is 2.15. The first-order chi connectivity index (χ1) is 13.9. The van der Waals surface area contributed by atoms with Gasteiger partial charge in [-0.3, -0.25) is 14.2 Å². The third kappa shape index (κ3) is 4.28. The number of anilines is 1. The van der Waals surface area contributed by atoms with Gasteiger partial charge in [-0.15, -0.1) is 0 Å². The van der Waals surface area contributed by atoms with Gasteiger partial charge < -0.3 is 5.32 Å². The first-order valence-electron chi connectivity index (χ1n) is 8.74. The highest BCUT2D eigenvalue weighted by atomic mass is 35.5. The molecule has 1 aromatic carbocycles. The molecule has 0 saturated carbocycles. The summed E-state index contributed by atoms with van der Waals surface area (Å²) in [5, 5.41) is 16.5. The van der Waals surface area contributed by atoms with E-state index in [4.69, 9.17) is 16.9 Å². The second-order valence-electron chi connectivity index (χ2n) is 6.13. The molecule has 0 atom stereocenters. The van der Waals surface area contributed by atoms with E-state index in [9.17, 15) is 14.4 Å². The van der Waals surface area contributed by atoms with Crippen LogP contribution in [0.3, 0.4) is 0 Å². The van der Waals surface area contributed by atoms with Gasteiger partial charge in [0.25, 0.3) is 5.56 Å². The van der Waals surface area contributed by atoms with Gasteiger partial charge >= 0.3 is 5.69 Å². The number of rotatable bonds is 6. The van der Waals surface area contributed by atoms with Crippen molar-refractivity contribution in [3.63, 3.8) is 0 Å². The monoisotopic (exact) mass is 412 g/mol. The Morgan fingerprint density at radius 2 is 2.03 bits per heavy atom. The molecule has 0 unspecified atom stereocenters. The summed E-state index contributed by atoms with van der Waals surface area (Å²) in [5.41, 5.74) is -0.849. The van der Waals surface area contributed by atoms with Crippen LogP contribution in [0.1, 0.15) is 18.1 Å². The van der Waals surface area contributed by atoms with Crippen LogP contribution in [0.5, 0.6) is 0 Å². The van der Waals surface area contributed by atoms with Crippen molar-refractivity contribution < 1.29 is 4.79 Å². The van der Waals surface area contributed by atoms with Crippen LogP contribution in [0.2, 0.25) is 5.02 Å². The van der Waals surface area contributed by atoms with Crippen LogP contribution in [0.15, 0.2) is 52.3 Å². The van der Waals surface area contributed by atoms with Gasteiger partial charge in [0.2, 0.25) is 5.91 Å². The lowest BCUT2D eigenvalue weighted by Gasteiger charge is -2.12. The molecule has 1 N–H and O–H groups in total. The molecule has 0 bridgehead atoms. The summed E-state index contributed by atoms with van der Waals surface area (Å²) in [5.74, 6) is -0.210. The molecule has 10 heteroatoms. The average molecular weight is 413 g/mol. The van der Waals surface area contributed by atoms with Crippen LogP contribution in [-0.4, -0.2) is 24.8 Å². The fraction of sp³-hybridized carbons (Fsp3) is 0.211. The number of aryl methyl sites for hydroxylation is 1. The van der Waals surface area contributed by atoms with Gasteiger partial charge in [0.1, 0.15) is 24.0 Å². The lowest BCUT2D eigenvalue weighted by atomic mass is 10.2. The van der Waals surface area contributed by atoms with E-state index in [0.717, 1.165) is 10.1 Å². The number of nitrogens with one attached hydrogen (secondary N) is 1. The molecule has 2 aromatic heterocycles. The van der Waals surface area contributed by atoms with Gasteiger partial charge in [0.05, 0.1) is 12.7 Å². The Bertz CT molecular complexity index is 1220. The fourth-order valence-electron chi connectivity index (χ4n) is 2.78. The molecule has 0 radical (unpaired) electrons. The summed E-state index contributed by atoms with van der Waals surface area (Å²) in [4.78, 5) is 37.2. The molecular formula is C19H17ClN6O3. The van der Waals surface area contributed by atoms with Gasteiger partial charge in [0, 0.05) is 23.8 Å². The van der Waals surface area contributed by atoms with E-state index in [1.165, 1.54) is 21.6 Å². The Kier molecular flexibility index (Phi) is 5.95. The Morgan fingerprint density at radius 1 is 1.28 bits per heavy atom. The zero-order valence-corrected chi connectivity index (χ0v) is 16.3. The van der Waals surface area contributed by atoms with Gasteiger partial charge in [-0.25, -0.2) is 14.0 Å². The zero-order valence-electron chi connectivity index (χ0n) is 15.5. The summed E-state index contributed by atoms with van der Waals surface area (Å²) in [6, 6.07) is 10.6. The van der Waals surface area contributed by atoms with Crippen molar-refractivity contribution in [3.8, 4) is 6.07 Å². The Balaban J connectivity index is 1.83. The Morgan fingerprint density at radius 3 is 2.72 bits per heavy atom. The normalized spacial score (nSPS) is 10.5. The molecule has 29 heavy (non-hydrogen) atoms. The van der Waals surface area contributed by atoms with Gasteiger partial charge in [-0.1, -0.05) is 29.8 Å². The smallest absolute Gasteiger partial charge is 0.309 e. The third-order valence-corrected chi connectivity index (χ3v) is 4.63. The maximum absolute atomic E-state index is 12.5. The van der Waals surface area contributed by atoms with Crippen LogP contribution in [0.4, 0.5) is 5.82 Å². The number of aromatic nitrogens is 4. The molecule has 0 aliphatic heterocycles. The number of carbonyl (C=O) groups excluding carboxylic acids is 1. The third-order valence-electron chi connectivity index (χ3n) is 4.26. The average Bonchev–Trinajstić information content (AvgIpc) is 3.13. The van der Waals surface area contributed by atoms with Crippen molar-refractivity contribution in [2.75, 3.05) is 5.32 Å². The predicted octanol–water partition coefficient (Wildman–Crippen LogP) is 1.44. The van der Waals surface area contributed by atoms with Crippen molar-refractivity contribution in [3.05, 3.63) is 79.7 Å². The number of benzene rings is 1. The largest absolute Gasteiger partial charge is 0.331 e. The SMILES string of the molecule is CCn1cc(C#N)c(=O)n(CC(=O)Nc2ccnn2Cc2ccccc2Cl)c1=O. The van der Waals surface area contributed by atoms with Crippen molar-refractivity contribution in [2.45, 2.75) is 26.6 Å². The first-order valence-corrected chi connectivity index (χ1v) is 9.11. The van der Waals surface area contributed by atoms with Crippen molar-refractivity contribution in [2.24, 2.45) is 0 Å². The number of carbonyl (C=O) groups is 1. The minimum absolute atomic E-state index is 0.206. The quantitative estimate of drug-likeness (QED) is 0.657. The molecule has 3 aromatic rings. The van der Waals surface area contributed by atoms with Crippen molar-refractivity contribution >= 4 is 23.3 Å². The molecule has 0 fully saturated rings. The van der Waals surface area contributed by atoms with Crippen LogP contribution in [0, 0.1) is 11.3 Å². The number of nitrogens with zero attached hydrogens (tertiary/aromatic N) is 5. The maximum atomic E-state index is 12.5. The predicted molar refractivity (Wildman–Crippen MR) is 107 cm³/mol. The molecule has 0 saturated heterocycles. The molecular weight excluding hydrogens is 396 g/mol. The zero-order chi connectivity index (χ0) is 21.0. The summed E-state index contributed by atoms with van der Waals surface area (Å²) in [6.45, 7) is 1.77. The molecule has 3 rings (SSSR count). The van der Waals surface area contributed by atoms with E-state index in [0.29, 0.717) is 17.4 Å². The van der Waals surface area contributed by atoms with E-state index in [2.05, 4.69) is 10.4 Å². The number of hydrogen-bond donors (Lipinski definition) is 1. The number of hydrogen-bond acceptors (Lipinski definition) is 5. The number of nitriles is 1. The standard InChI is InChI=1S/C19H17ClN6O3/c1-2-24-10-14(9-21)18(28)25(19(24)29)12-17(27)23-16-7-8-22-26(16)11-13-5-3-4-6-15(13)20/h3-8,10H,2,11-12H2,1H3,(H,23,27). The van der Waals surface area contributed by atoms with Gasteiger partial charge in [0.15, 0.2) is 0 Å². The fourth-order valence-corrected chi connectivity index (χ4v) is 2.97. The number of halogens is 1. The van der Waals surface area contributed by atoms with E-state index >= 15 is 0 Å². The summed E-state index contributed by atoms with van der Waals surface area (Å²) < 4.78 is 3.49. The lowest BCUT2D eigenvalue weighted by Crippen LogP contribution is -2.43. The van der Waals surface area contributed by atoms with Crippen molar-refractivity contribution in [1.29, 1.82) is 5.26 Å². The molecule has 0 spiro atoms.